The van der Waals surface area contributed by atoms with Crippen molar-refractivity contribution in [3.8, 4) is 0 Å². The van der Waals surface area contributed by atoms with Crippen LogP contribution in [0.15, 0.2) is 0 Å². The average Bonchev–Trinajstić information content (AvgIpc) is 2.80. The molecule has 2 saturated heterocycles. The topological polar surface area (TPSA) is 94.5 Å². The number of ether oxygens (including phenoxy) is 4. The van der Waals surface area contributed by atoms with Crippen molar-refractivity contribution in [2.24, 2.45) is 5.41 Å². The lowest BCUT2D eigenvalue weighted by molar-refractivity contribution is -0.232. The Morgan fingerprint density at radius 3 is 2.48 bits per heavy atom. The van der Waals surface area contributed by atoms with Crippen LogP contribution < -0.4 is 0 Å². The summed E-state index contributed by atoms with van der Waals surface area (Å²) in [5.74, 6) is -1.28. The molecule has 2 N–H and O–H groups in total. The van der Waals surface area contributed by atoms with Gasteiger partial charge in [0.15, 0.2) is 24.3 Å². The lowest BCUT2D eigenvalue weighted by Gasteiger charge is -2.29. The molecule has 0 amide bonds. The minimum absolute atomic E-state index is 0.430. The van der Waals surface area contributed by atoms with Crippen molar-refractivity contribution in [3.63, 3.8) is 0 Å². The van der Waals surface area contributed by atoms with Crippen LogP contribution in [0.1, 0.15) is 34.6 Å². The summed E-state index contributed by atoms with van der Waals surface area (Å²) in [6.07, 6.45) is -4.25. The second kappa shape index (κ2) is 5.48. The summed E-state index contributed by atoms with van der Waals surface area (Å²) < 4.78 is 22.3. The predicted molar refractivity (Wildman–Crippen MR) is 71.1 cm³/mol. The van der Waals surface area contributed by atoms with Gasteiger partial charge in [0, 0.05) is 0 Å². The summed E-state index contributed by atoms with van der Waals surface area (Å²) in [6.45, 7) is 8.16. The van der Waals surface area contributed by atoms with Gasteiger partial charge in [-0.15, -0.1) is 0 Å². The molecule has 2 heterocycles. The second-order valence-electron chi connectivity index (χ2n) is 6.94. The zero-order valence-electron chi connectivity index (χ0n) is 13.0. The molecule has 2 rings (SSSR count). The van der Waals surface area contributed by atoms with Crippen molar-refractivity contribution in [2.45, 2.75) is 71.1 Å². The third-order valence-electron chi connectivity index (χ3n) is 3.45. The van der Waals surface area contributed by atoms with E-state index in [0.29, 0.717) is 0 Å². The summed E-state index contributed by atoms with van der Waals surface area (Å²) >= 11 is 0. The number of aliphatic hydroxyl groups is 2. The largest absolute Gasteiger partial charge is 0.456 e. The normalized spacial score (nSPS) is 36.3. The highest BCUT2D eigenvalue weighted by Gasteiger charge is 2.58. The molecule has 0 spiro atoms. The molecule has 0 saturated carbocycles. The van der Waals surface area contributed by atoms with Gasteiger partial charge in [-0.1, -0.05) is 0 Å². The first-order chi connectivity index (χ1) is 9.55. The van der Waals surface area contributed by atoms with Crippen molar-refractivity contribution in [1.29, 1.82) is 0 Å². The molecule has 5 atom stereocenters. The van der Waals surface area contributed by atoms with Crippen molar-refractivity contribution < 1.29 is 34.0 Å². The van der Waals surface area contributed by atoms with Crippen molar-refractivity contribution in [2.75, 3.05) is 6.61 Å². The molecular weight excluding hydrogens is 280 g/mol. The third-order valence-corrected chi connectivity index (χ3v) is 3.45. The monoisotopic (exact) mass is 304 g/mol. The molecule has 7 nitrogen and oxygen atoms in total. The quantitative estimate of drug-likeness (QED) is 0.718. The Morgan fingerprint density at radius 2 is 1.95 bits per heavy atom. The van der Waals surface area contributed by atoms with Gasteiger partial charge in [0.05, 0.1) is 12.0 Å². The van der Waals surface area contributed by atoms with E-state index in [2.05, 4.69) is 0 Å². The number of aliphatic hydroxyl groups excluding tert-OH is 2. The lowest BCUT2D eigenvalue weighted by atomic mass is 9.97. The smallest absolute Gasteiger partial charge is 0.311 e. The molecule has 0 aromatic carbocycles. The van der Waals surface area contributed by atoms with Gasteiger partial charge in [0.2, 0.25) is 0 Å². The van der Waals surface area contributed by atoms with Gasteiger partial charge in [-0.05, 0) is 34.6 Å². The van der Waals surface area contributed by atoms with Gasteiger partial charge < -0.3 is 29.2 Å². The van der Waals surface area contributed by atoms with Gasteiger partial charge in [-0.2, -0.15) is 0 Å². The van der Waals surface area contributed by atoms with E-state index in [0.717, 1.165) is 0 Å². The van der Waals surface area contributed by atoms with Crippen LogP contribution in [-0.4, -0.2) is 59.3 Å². The summed E-state index contributed by atoms with van der Waals surface area (Å²) in [5, 5.41) is 19.0. The fourth-order valence-electron chi connectivity index (χ4n) is 2.35. The number of fused-ring (bicyclic) bond motifs is 1. The minimum atomic E-state index is -1.18. The van der Waals surface area contributed by atoms with Crippen LogP contribution >= 0.6 is 0 Å². The Labute approximate surface area is 124 Å². The van der Waals surface area contributed by atoms with Crippen molar-refractivity contribution >= 4 is 5.97 Å². The molecule has 122 valence electrons. The fourth-order valence-corrected chi connectivity index (χ4v) is 2.35. The average molecular weight is 304 g/mol. The molecule has 0 aromatic rings. The van der Waals surface area contributed by atoms with Crippen LogP contribution in [0.5, 0.6) is 0 Å². The number of hydrogen-bond donors (Lipinski definition) is 2. The second-order valence-corrected chi connectivity index (χ2v) is 6.94. The Morgan fingerprint density at radius 1 is 1.33 bits per heavy atom. The van der Waals surface area contributed by atoms with Gasteiger partial charge in [-0.3, -0.25) is 4.79 Å². The van der Waals surface area contributed by atoms with Crippen molar-refractivity contribution in [3.05, 3.63) is 0 Å². The zero-order valence-corrected chi connectivity index (χ0v) is 13.0. The van der Waals surface area contributed by atoms with Crippen LogP contribution in [0, 0.1) is 5.41 Å². The SMILES string of the molecule is CC1(C)O[C@H]2O[C@H]([C@H](O)CO)[C@@H](OC(=O)C(C)(C)C)[C@H]2O1. The van der Waals surface area contributed by atoms with Crippen LogP contribution in [0.4, 0.5) is 0 Å². The molecule has 2 fully saturated rings. The highest BCUT2D eigenvalue weighted by Crippen LogP contribution is 2.40. The Bertz CT molecular complexity index is 401. The van der Waals surface area contributed by atoms with E-state index >= 15 is 0 Å². The van der Waals surface area contributed by atoms with E-state index in [1.807, 2.05) is 0 Å². The lowest BCUT2D eigenvalue weighted by Crippen LogP contribution is -2.46. The Balaban J connectivity index is 2.17. The number of carbonyl (C=O) groups is 1. The predicted octanol–water partition coefficient (Wildman–Crippen LogP) is 0.174. The molecule has 7 heteroatoms. The van der Waals surface area contributed by atoms with E-state index in [4.69, 9.17) is 24.1 Å². The van der Waals surface area contributed by atoms with E-state index in [1.165, 1.54) is 0 Å². The molecule has 0 unspecified atom stereocenters. The van der Waals surface area contributed by atoms with E-state index in [1.54, 1.807) is 34.6 Å². The van der Waals surface area contributed by atoms with Crippen LogP contribution in [0.3, 0.4) is 0 Å². The fraction of sp³-hybridized carbons (Fsp3) is 0.929. The maximum Gasteiger partial charge on any atom is 0.311 e. The third kappa shape index (κ3) is 3.37. The molecule has 21 heavy (non-hydrogen) atoms. The van der Waals surface area contributed by atoms with Gasteiger partial charge >= 0.3 is 5.97 Å². The first-order valence-corrected chi connectivity index (χ1v) is 7.06. The standard InChI is InChI=1S/C14H24O7/c1-13(2,3)12(17)19-9-8(7(16)6-15)18-11-10(9)20-14(4,5)21-11/h7-11,15-16H,6H2,1-5H3/t7-,8-,9-,10-,11-/m1/s1. The molecule has 0 bridgehead atoms. The maximum atomic E-state index is 12.1. The summed E-state index contributed by atoms with van der Waals surface area (Å²) in [6, 6.07) is 0. The van der Waals surface area contributed by atoms with Gasteiger partial charge in [-0.25, -0.2) is 0 Å². The molecule has 0 aliphatic carbocycles. The van der Waals surface area contributed by atoms with E-state index < -0.39 is 54.5 Å². The molecule has 0 radical (unpaired) electrons. The minimum Gasteiger partial charge on any atom is -0.456 e. The van der Waals surface area contributed by atoms with Crippen LogP contribution in [0.2, 0.25) is 0 Å². The Hall–Kier alpha value is -0.730. The molecule has 0 aromatic heterocycles. The maximum absolute atomic E-state index is 12.1. The number of rotatable bonds is 3. The number of esters is 1. The summed E-state index contributed by atoms with van der Waals surface area (Å²) in [7, 11) is 0. The van der Waals surface area contributed by atoms with Gasteiger partial charge in [0.1, 0.15) is 12.2 Å². The zero-order chi connectivity index (χ0) is 16.0. The van der Waals surface area contributed by atoms with E-state index in [-0.39, 0.29) is 0 Å². The number of hydrogen-bond acceptors (Lipinski definition) is 7. The van der Waals surface area contributed by atoms with Gasteiger partial charge in [0.25, 0.3) is 0 Å². The summed E-state index contributed by atoms with van der Waals surface area (Å²) in [5.41, 5.74) is -0.693. The molecular formula is C14H24O7. The first-order valence-electron chi connectivity index (χ1n) is 7.06. The molecule has 2 aliphatic rings. The highest BCUT2D eigenvalue weighted by atomic mass is 16.8. The Kier molecular flexibility index (Phi) is 4.34. The van der Waals surface area contributed by atoms with Crippen molar-refractivity contribution in [1.82, 2.24) is 0 Å². The highest BCUT2D eigenvalue weighted by molar-refractivity contribution is 5.75. The number of carbonyl (C=O) groups excluding carboxylic acids is 1. The first kappa shape index (κ1) is 16.6. The van der Waals surface area contributed by atoms with Crippen LogP contribution in [0.25, 0.3) is 0 Å². The van der Waals surface area contributed by atoms with E-state index in [9.17, 15) is 9.90 Å². The molecule has 2 aliphatic heterocycles. The van der Waals surface area contributed by atoms with Crippen LogP contribution in [-0.2, 0) is 23.7 Å². The summed E-state index contributed by atoms with van der Waals surface area (Å²) in [4.78, 5) is 12.1.